The number of hydrogen-bond acceptors (Lipinski definition) is 4. The highest BCUT2D eigenvalue weighted by molar-refractivity contribution is 9.10. The molecule has 1 saturated carbocycles. The van der Waals surface area contributed by atoms with Crippen LogP contribution in [0.1, 0.15) is 33.6 Å². The lowest BCUT2D eigenvalue weighted by molar-refractivity contribution is 0.286. The average Bonchev–Trinajstić information content (AvgIpc) is 3.24. The normalized spacial score (nSPS) is 14.2. The van der Waals surface area contributed by atoms with Gasteiger partial charge in [-0.1, -0.05) is 13.8 Å². The molecule has 0 amide bonds. The fourth-order valence-electron chi connectivity index (χ4n) is 1.32. The van der Waals surface area contributed by atoms with Crippen LogP contribution in [0.4, 0.5) is 5.69 Å². The minimum atomic E-state index is -3.27. The summed E-state index contributed by atoms with van der Waals surface area (Å²) in [4.78, 5) is 4.10. The fraction of sp³-hybridized carbons (Fsp3) is 0.615. The Morgan fingerprint density at radius 2 is 2.10 bits per heavy atom. The molecule has 1 fully saturated rings. The van der Waals surface area contributed by atoms with Gasteiger partial charge in [-0.25, -0.2) is 13.4 Å². The van der Waals surface area contributed by atoms with E-state index in [2.05, 4.69) is 25.6 Å². The number of halogens is 1. The van der Waals surface area contributed by atoms with Gasteiger partial charge in [-0.15, -0.1) is 0 Å². The van der Waals surface area contributed by atoms with Crippen LogP contribution in [-0.4, -0.2) is 25.8 Å². The summed E-state index contributed by atoms with van der Waals surface area (Å²) >= 11 is 3.32. The standard InChI is InChI=1S/C11H15BrN2O3S.C2H6/c1-2-18(15,16)14-9-5-10(12)11(13-6-9)17-7-8-3-4-8;1-2/h5-6,8,14H,2-4,7H2,1H3;1-2H3. The average molecular weight is 365 g/mol. The second-order valence-corrected chi connectivity index (χ2v) is 7.14. The van der Waals surface area contributed by atoms with Gasteiger partial charge in [-0.2, -0.15) is 0 Å². The first kappa shape index (κ1) is 17.2. The van der Waals surface area contributed by atoms with Crippen LogP contribution in [0.25, 0.3) is 0 Å². The number of anilines is 1. The molecule has 20 heavy (non-hydrogen) atoms. The Kier molecular flexibility index (Phi) is 6.75. The first-order chi connectivity index (χ1) is 9.50. The molecular formula is C13H21BrN2O3S. The monoisotopic (exact) mass is 364 g/mol. The molecule has 0 saturated heterocycles. The highest BCUT2D eigenvalue weighted by Crippen LogP contribution is 2.31. The van der Waals surface area contributed by atoms with Crippen LogP contribution in [0.15, 0.2) is 16.7 Å². The lowest BCUT2D eigenvalue weighted by atomic mass is 10.4. The van der Waals surface area contributed by atoms with E-state index in [1.165, 1.54) is 19.0 Å². The topological polar surface area (TPSA) is 68.3 Å². The van der Waals surface area contributed by atoms with E-state index in [9.17, 15) is 8.42 Å². The molecule has 0 spiro atoms. The molecule has 0 unspecified atom stereocenters. The molecule has 0 bridgehead atoms. The maximum Gasteiger partial charge on any atom is 0.232 e. The second-order valence-electron chi connectivity index (χ2n) is 4.27. The number of aromatic nitrogens is 1. The summed E-state index contributed by atoms with van der Waals surface area (Å²) in [5.41, 5.74) is 0.433. The first-order valence-electron chi connectivity index (χ1n) is 6.79. The van der Waals surface area contributed by atoms with E-state index in [0.29, 0.717) is 28.6 Å². The van der Waals surface area contributed by atoms with E-state index in [1.54, 1.807) is 13.0 Å². The van der Waals surface area contributed by atoms with Gasteiger partial charge in [-0.05, 0) is 47.7 Å². The smallest absolute Gasteiger partial charge is 0.232 e. The molecular weight excluding hydrogens is 344 g/mol. The van der Waals surface area contributed by atoms with Crippen molar-refractivity contribution >= 4 is 31.6 Å². The SMILES string of the molecule is CC.CCS(=O)(=O)Nc1cnc(OCC2CC2)c(Br)c1. The third-order valence-electron chi connectivity index (χ3n) is 2.61. The van der Waals surface area contributed by atoms with Gasteiger partial charge in [0.05, 0.1) is 28.7 Å². The van der Waals surface area contributed by atoms with Gasteiger partial charge in [-0.3, -0.25) is 4.72 Å². The maximum atomic E-state index is 11.4. The molecule has 1 aromatic rings. The summed E-state index contributed by atoms with van der Waals surface area (Å²) in [5.74, 6) is 1.18. The van der Waals surface area contributed by atoms with Crippen molar-refractivity contribution in [2.45, 2.75) is 33.6 Å². The number of ether oxygens (including phenoxy) is 1. The molecule has 114 valence electrons. The molecule has 1 aliphatic rings. The molecule has 0 atom stereocenters. The molecule has 1 aliphatic carbocycles. The summed E-state index contributed by atoms with van der Waals surface area (Å²) in [5, 5.41) is 0. The van der Waals surface area contributed by atoms with Crippen molar-refractivity contribution in [3.05, 3.63) is 16.7 Å². The van der Waals surface area contributed by atoms with Gasteiger partial charge < -0.3 is 4.74 Å². The molecule has 2 rings (SSSR count). The van der Waals surface area contributed by atoms with Gasteiger partial charge in [0.2, 0.25) is 15.9 Å². The van der Waals surface area contributed by atoms with Crippen LogP contribution in [-0.2, 0) is 10.0 Å². The highest BCUT2D eigenvalue weighted by atomic mass is 79.9. The largest absolute Gasteiger partial charge is 0.477 e. The Balaban J connectivity index is 0.000000956. The zero-order valence-corrected chi connectivity index (χ0v) is 14.4. The third-order valence-corrected chi connectivity index (χ3v) is 4.49. The molecule has 0 radical (unpaired) electrons. The summed E-state index contributed by atoms with van der Waals surface area (Å²) in [7, 11) is -3.27. The van der Waals surface area contributed by atoms with Gasteiger partial charge in [0.15, 0.2) is 0 Å². The zero-order valence-electron chi connectivity index (χ0n) is 12.0. The number of nitrogens with zero attached hydrogens (tertiary/aromatic N) is 1. The fourth-order valence-corrected chi connectivity index (χ4v) is 2.40. The van der Waals surface area contributed by atoms with Crippen molar-refractivity contribution in [1.29, 1.82) is 0 Å². The summed E-state index contributed by atoms with van der Waals surface area (Å²) in [6.45, 7) is 6.25. The van der Waals surface area contributed by atoms with Gasteiger partial charge >= 0.3 is 0 Å². The summed E-state index contributed by atoms with van der Waals surface area (Å²) < 4.78 is 31.4. The van der Waals surface area contributed by atoms with E-state index < -0.39 is 10.0 Å². The van der Waals surface area contributed by atoms with Crippen LogP contribution < -0.4 is 9.46 Å². The predicted molar refractivity (Wildman–Crippen MR) is 84.6 cm³/mol. The molecule has 1 N–H and O–H groups in total. The number of nitrogens with one attached hydrogen (secondary N) is 1. The van der Waals surface area contributed by atoms with Crippen molar-refractivity contribution < 1.29 is 13.2 Å². The molecule has 0 aliphatic heterocycles. The van der Waals surface area contributed by atoms with Crippen molar-refractivity contribution in [2.24, 2.45) is 5.92 Å². The molecule has 7 heteroatoms. The van der Waals surface area contributed by atoms with E-state index in [1.807, 2.05) is 13.8 Å². The van der Waals surface area contributed by atoms with E-state index in [0.717, 1.165) is 0 Å². The number of rotatable bonds is 6. The van der Waals surface area contributed by atoms with Crippen LogP contribution in [0, 0.1) is 5.92 Å². The Morgan fingerprint density at radius 3 is 2.60 bits per heavy atom. The molecule has 1 heterocycles. The first-order valence-corrected chi connectivity index (χ1v) is 9.23. The van der Waals surface area contributed by atoms with E-state index >= 15 is 0 Å². The minimum Gasteiger partial charge on any atom is -0.477 e. The summed E-state index contributed by atoms with van der Waals surface area (Å²) in [6, 6.07) is 1.66. The van der Waals surface area contributed by atoms with Crippen molar-refractivity contribution in [3.63, 3.8) is 0 Å². The van der Waals surface area contributed by atoms with Crippen LogP contribution in [0.5, 0.6) is 5.88 Å². The van der Waals surface area contributed by atoms with Gasteiger partial charge in [0.25, 0.3) is 0 Å². The van der Waals surface area contributed by atoms with Crippen molar-refractivity contribution in [2.75, 3.05) is 17.1 Å². The highest BCUT2D eigenvalue weighted by Gasteiger charge is 2.22. The maximum absolute atomic E-state index is 11.4. The lowest BCUT2D eigenvalue weighted by Crippen LogP contribution is -2.14. The second kappa shape index (κ2) is 7.83. The Hall–Kier alpha value is -0.820. The Bertz CT molecular complexity index is 530. The minimum absolute atomic E-state index is 0.0323. The van der Waals surface area contributed by atoms with E-state index in [-0.39, 0.29) is 5.75 Å². The van der Waals surface area contributed by atoms with Crippen molar-refractivity contribution in [3.8, 4) is 5.88 Å². The van der Waals surface area contributed by atoms with Gasteiger partial charge in [0, 0.05) is 0 Å². The van der Waals surface area contributed by atoms with Crippen LogP contribution >= 0.6 is 15.9 Å². The molecule has 5 nitrogen and oxygen atoms in total. The Labute approximate surface area is 129 Å². The van der Waals surface area contributed by atoms with Gasteiger partial charge in [0.1, 0.15) is 0 Å². The van der Waals surface area contributed by atoms with Crippen LogP contribution in [0.2, 0.25) is 0 Å². The summed E-state index contributed by atoms with van der Waals surface area (Å²) in [6.07, 6.45) is 3.89. The molecule has 0 aromatic carbocycles. The molecule has 1 aromatic heterocycles. The lowest BCUT2D eigenvalue weighted by Gasteiger charge is -2.09. The van der Waals surface area contributed by atoms with Crippen LogP contribution in [0.3, 0.4) is 0 Å². The number of sulfonamides is 1. The Morgan fingerprint density at radius 1 is 1.45 bits per heavy atom. The zero-order chi connectivity index (χ0) is 15.2. The van der Waals surface area contributed by atoms with Crippen molar-refractivity contribution in [1.82, 2.24) is 4.98 Å². The predicted octanol–water partition coefficient (Wildman–Crippen LogP) is 3.42. The number of hydrogen-bond donors (Lipinski definition) is 1. The number of pyridine rings is 1. The van der Waals surface area contributed by atoms with E-state index in [4.69, 9.17) is 4.74 Å². The quantitative estimate of drug-likeness (QED) is 0.839. The third kappa shape index (κ3) is 5.66.